The van der Waals surface area contributed by atoms with Crippen molar-refractivity contribution in [2.45, 2.75) is 39.2 Å². The van der Waals surface area contributed by atoms with Gasteiger partial charge in [0, 0.05) is 28.6 Å². The Balaban J connectivity index is 2.06. The Kier molecular flexibility index (Phi) is 5.80. The number of aromatic nitrogens is 1. The first-order chi connectivity index (χ1) is 9.94. The average molecular weight is 323 g/mol. The molecule has 1 heterocycles. The fraction of sp³-hybridized carbons (Fsp3) is 0.471. The van der Waals surface area contributed by atoms with Crippen molar-refractivity contribution in [2.75, 3.05) is 6.54 Å². The van der Waals surface area contributed by atoms with Gasteiger partial charge in [-0.2, -0.15) is 0 Å². The number of nitrogens with one attached hydrogen (secondary N) is 1. The number of rotatable bonds is 6. The number of nitrogens with zero attached hydrogens (tertiary/aromatic N) is 1. The van der Waals surface area contributed by atoms with Crippen LogP contribution in [-0.2, 0) is 12.8 Å². The Bertz CT molecular complexity index is 546. The van der Waals surface area contributed by atoms with E-state index in [4.69, 9.17) is 11.6 Å². The Hall–Kier alpha value is -0.900. The zero-order valence-corrected chi connectivity index (χ0v) is 14.5. The predicted octanol–water partition coefficient (Wildman–Crippen LogP) is 4.59. The van der Waals surface area contributed by atoms with Crippen LogP contribution in [0.2, 0.25) is 5.02 Å². The normalized spacial score (nSPS) is 13.3. The summed E-state index contributed by atoms with van der Waals surface area (Å²) in [6.07, 6.45) is 3.85. The SMILES string of the molecule is CC(C)(C)NCC(Cc1nccs1)Cc1ccccc1Cl. The van der Waals surface area contributed by atoms with E-state index in [0.717, 1.165) is 24.4 Å². The maximum atomic E-state index is 6.31. The molecule has 0 saturated heterocycles. The van der Waals surface area contributed by atoms with Crippen LogP contribution >= 0.6 is 22.9 Å². The first kappa shape index (κ1) is 16.5. The van der Waals surface area contributed by atoms with Gasteiger partial charge in [0.1, 0.15) is 0 Å². The van der Waals surface area contributed by atoms with Gasteiger partial charge < -0.3 is 5.32 Å². The van der Waals surface area contributed by atoms with Crippen molar-refractivity contribution >= 4 is 22.9 Å². The number of hydrogen-bond acceptors (Lipinski definition) is 3. The minimum atomic E-state index is 0.127. The van der Waals surface area contributed by atoms with Gasteiger partial charge in [-0.25, -0.2) is 4.98 Å². The van der Waals surface area contributed by atoms with Crippen molar-refractivity contribution < 1.29 is 0 Å². The van der Waals surface area contributed by atoms with E-state index in [1.165, 1.54) is 10.6 Å². The van der Waals surface area contributed by atoms with Gasteiger partial charge in [-0.1, -0.05) is 29.8 Å². The zero-order valence-electron chi connectivity index (χ0n) is 12.9. The summed E-state index contributed by atoms with van der Waals surface area (Å²) in [6.45, 7) is 7.56. The molecular formula is C17H23ClN2S. The first-order valence-electron chi connectivity index (χ1n) is 7.31. The lowest BCUT2D eigenvalue weighted by molar-refractivity contribution is 0.367. The molecule has 0 fully saturated rings. The molecule has 4 heteroatoms. The van der Waals surface area contributed by atoms with Gasteiger partial charge in [0.15, 0.2) is 0 Å². The van der Waals surface area contributed by atoms with Gasteiger partial charge in [0.2, 0.25) is 0 Å². The summed E-state index contributed by atoms with van der Waals surface area (Å²) >= 11 is 8.03. The topological polar surface area (TPSA) is 24.9 Å². The molecule has 2 nitrogen and oxygen atoms in total. The molecule has 2 aromatic rings. The van der Waals surface area contributed by atoms with Crippen LogP contribution in [0.4, 0.5) is 0 Å². The first-order valence-corrected chi connectivity index (χ1v) is 8.56. The highest BCUT2D eigenvalue weighted by molar-refractivity contribution is 7.09. The number of benzene rings is 1. The lowest BCUT2D eigenvalue weighted by Crippen LogP contribution is -2.40. The van der Waals surface area contributed by atoms with Crippen molar-refractivity contribution in [3.8, 4) is 0 Å². The summed E-state index contributed by atoms with van der Waals surface area (Å²) in [5.74, 6) is 0.496. The van der Waals surface area contributed by atoms with E-state index in [1.807, 2.05) is 23.7 Å². The van der Waals surface area contributed by atoms with E-state index in [1.54, 1.807) is 11.3 Å². The second kappa shape index (κ2) is 7.39. The third-order valence-electron chi connectivity index (χ3n) is 3.33. The van der Waals surface area contributed by atoms with Crippen molar-refractivity contribution in [3.05, 3.63) is 51.4 Å². The molecule has 0 amide bonds. The lowest BCUT2D eigenvalue weighted by Gasteiger charge is -2.25. The van der Waals surface area contributed by atoms with Crippen molar-refractivity contribution in [1.29, 1.82) is 0 Å². The van der Waals surface area contributed by atoms with Crippen molar-refractivity contribution in [3.63, 3.8) is 0 Å². The second-order valence-electron chi connectivity index (χ2n) is 6.42. The van der Waals surface area contributed by atoms with E-state index in [-0.39, 0.29) is 5.54 Å². The van der Waals surface area contributed by atoms with Gasteiger partial charge in [-0.05, 0) is 51.3 Å². The van der Waals surface area contributed by atoms with E-state index in [2.05, 4.69) is 43.2 Å². The van der Waals surface area contributed by atoms with Crippen LogP contribution in [0, 0.1) is 5.92 Å². The number of thiazole rings is 1. The van der Waals surface area contributed by atoms with Crippen LogP contribution in [0.5, 0.6) is 0 Å². The Labute approximate surface area is 136 Å². The van der Waals surface area contributed by atoms with Crippen LogP contribution in [0.25, 0.3) is 0 Å². The fourth-order valence-electron chi connectivity index (χ4n) is 2.24. The van der Waals surface area contributed by atoms with Gasteiger partial charge in [-0.3, -0.25) is 0 Å². The molecule has 1 aromatic carbocycles. The van der Waals surface area contributed by atoms with Crippen LogP contribution in [0.15, 0.2) is 35.8 Å². The van der Waals surface area contributed by atoms with Crippen LogP contribution in [-0.4, -0.2) is 17.1 Å². The van der Waals surface area contributed by atoms with Gasteiger partial charge >= 0.3 is 0 Å². The molecule has 1 unspecified atom stereocenters. The minimum Gasteiger partial charge on any atom is -0.312 e. The Morgan fingerprint density at radius 1 is 1.24 bits per heavy atom. The standard InChI is InChI=1S/C17H23ClN2S/c1-17(2,3)20-12-13(11-16-19-8-9-21-16)10-14-6-4-5-7-15(14)18/h4-9,13,20H,10-12H2,1-3H3. The summed E-state index contributed by atoms with van der Waals surface area (Å²) in [7, 11) is 0. The maximum absolute atomic E-state index is 6.31. The molecule has 0 spiro atoms. The van der Waals surface area contributed by atoms with Gasteiger partial charge in [-0.15, -0.1) is 11.3 Å². The molecule has 1 atom stereocenters. The molecular weight excluding hydrogens is 300 g/mol. The molecule has 0 radical (unpaired) electrons. The third-order valence-corrected chi connectivity index (χ3v) is 4.50. The molecule has 0 aliphatic carbocycles. The van der Waals surface area contributed by atoms with Crippen molar-refractivity contribution in [2.24, 2.45) is 5.92 Å². The minimum absolute atomic E-state index is 0.127. The smallest absolute Gasteiger partial charge is 0.0928 e. The van der Waals surface area contributed by atoms with Gasteiger partial charge in [0.05, 0.1) is 5.01 Å². The van der Waals surface area contributed by atoms with Crippen LogP contribution < -0.4 is 5.32 Å². The zero-order chi connectivity index (χ0) is 15.3. The number of halogens is 1. The van der Waals surface area contributed by atoms with E-state index in [9.17, 15) is 0 Å². The summed E-state index contributed by atoms with van der Waals surface area (Å²) in [4.78, 5) is 4.42. The predicted molar refractivity (Wildman–Crippen MR) is 92.2 cm³/mol. The summed E-state index contributed by atoms with van der Waals surface area (Å²) < 4.78 is 0. The fourth-order valence-corrected chi connectivity index (χ4v) is 3.19. The van der Waals surface area contributed by atoms with E-state index < -0.39 is 0 Å². The van der Waals surface area contributed by atoms with E-state index >= 15 is 0 Å². The average Bonchev–Trinajstić information content (AvgIpc) is 2.90. The van der Waals surface area contributed by atoms with Crippen LogP contribution in [0.1, 0.15) is 31.3 Å². The van der Waals surface area contributed by atoms with Crippen LogP contribution in [0.3, 0.4) is 0 Å². The Morgan fingerprint density at radius 3 is 2.62 bits per heavy atom. The highest BCUT2D eigenvalue weighted by atomic mass is 35.5. The molecule has 0 aliphatic heterocycles. The molecule has 0 bridgehead atoms. The van der Waals surface area contributed by atoms with E-state index in [0.29, 0.717) is 5.92 Å². The quantitative estimate of drug-likeness (QED) is 0.841. The highest BCUT2D eigenvalue weighted by Crippen LogP contribution is 2.22. The second-order valence-corrected chi connectivity index (χ2v) is 7.81. The van der Waals surface area contributed by atoms with Crippen molar-refractivity contribution in [1.82, 2.24) is 10.3 Å². The summed E-state index contributed by atoms with van der Waals surface area (Å²) in [6, 6.07) is 8.12. The third kappa shape index (κ3) is 5.77. The summed E-state index contributed by atoms with van der Waals surface area (Å²) in [5.41, 5.74) is 1.35. The van der Waals surface area contributed by atoms with Gasteiger partial charge in [0.25, 0.3) is 0 Å². The molecule has 2 rings (SSSR count). The maximum Gasteiger partial charge on any atom is 0.0928 e. The molecule has 1 N–H and O–H groups in total. The highest BCUT2D eigenvalue weighted by Gasteiger charge is 2.17. The summed E-state index contributed by atoms with van der Waals surface area (Å²) in [5, 5.41) is 7.70. The largest absolute Gasteiger partial charge is 0.312 e. The molecule has 21 heavy (non-hydrogen) atoms. The lowest BCUT2D eigenvalue weighted by atomic mass is 9.95. The Morgan fingerprint density at radius 2 is 2.00 bits per heavy atom. The molecule has 0 saturated carbocycles. The molecule has 1 aromatic heterocycles. The number of hydrogen-bond donors (Lipinski definition) is 1. The molecule has 114 valence electrons. The monoisotopic (exact) mass is 322 g/mol. The molecule has 0 aliphatic rings.